The molecule has 0 unspecified atom stereocenters. The van der Waals surface area contributed by atoms with Crippen molar-refractivity contribution < 1.29 is 4.74 Å². The lowest BCUT2D eigenvalue weighted by Crippen LogP contribution is -2.24. The third-order valence-electron chi connectivity index (χ3n) is 3.94. The molecule has 0 spiro atoms. The topological polar surface area (TPSA) is 21.6 Å². The summed E-state index contributed by atoms with van der Waals surface area (Å²) in [5.74, 6) is 1.67. The first-order valence-electron chi connectivity index (χ1n) is 6.45. The zero-order valence-corrected chi connectivity index (χ0v) is 11.8. The van der Waals surface area contributed by atoms with E-state index in [0.717, 1.165) is 38.9 Å². The molecule has 96 valence electrons. The second kappa shape index (κ2) is 3.95. The highest BCUT2D eigenvalue weighted by molar-refractivity contribution is 5.59. The number of nitrogens with zero attached hydrogens (tertiary/aromatic N) is 1. The zero-order valence-electron chi connectivity index (χ0n) is 11.8. The van der Waals surface area contributed by atoms with Gasteiger partial charge < -0.3 is 4.74 Å². The molecule has 0 saturated heterocycles. The fraction of sp³-hybridized carbons (Fsp3) is 0.235. The Morgan fingerprint density at radius 1 is 1.00 bits per heavy atom. The largest absolute Gasteiger partial charge is 0.453 e. The van der Waals surface area contributed by atoms with E-state index in [4.69, 9.17) is 9.73 Å². The molecular weight excluding hydrogens is 234 g/mol. The van der Waals surface area contributed by atoms with Gasteiger partial charge in [-0.2, -0.15) is 0 Å². The Hall–Kier alpha value is -2.09. The summed E-state index contributed by atoms with van der Waals surface area (Å²) < 4.78 is 6.05. The van der Waals surface area contributed by atoms with Gasteiger partial charge in [-0.3, -0.25) is 0 Å². The first kappa shape index (κ1) is 12.0. The lowest BCUT2D eigenvalue weighted by molar-refractivity contribution is 0.464. The monoisotopic (exact) mass is 251 g/mol. The molecular formula is C17H17NO. The lowest BCUT2D eigenvalue weighted by atomic mass is 10.0. The number of hydrogen-bond acceptors (Lipinski definition) is 2. The standard InChI is InChI=1S/C17H17NO/c1-9-6-7-15-14(8-9)18-16-12(4)10(2)11(3)13(5)17(16)19-15/h6-8H,3H2,1-2,4-5H3. The van der Waals surface area contributed by atoms with E-state index < -0.39 is 0 Å². The average molecular weight is 251 g/mol. The molecule has 2 aromatic carbocycles. The summed E-state index contributed by atoms with van der Waals surface area (Å²) in [7, 11) is 0. The molecule has 2 heteroatoms. The molecule has 0 aliphatic carbocycles. The number of fused-ring (bicyclic) bond motifs is 2. The summed E-state index contributed by atoms with van der Waals surface area (Å²) in [5, 5.41) is 1.99. The molecule has 0 aromatic heterocycles. The highest BCUT2D eigenvalue weighted by Crippen LogP contribution is 2.35. The average Bonchev–Trinajstić information content (AvgIpc) is 2.41. The Morgan fingerprint density at radius 3 is 2.47 bits per heavy atom. The third kappa shape index (κ3) is 1.67. The molecule has 0 radical (unpaired) electrons. The van der Waals surface area contributed by atoms with E-state index >= 15 is 0 Å². The molecule has 19 heavy (non-hydrogen) atoms. The quantitative estimate of drug-likeness (QED) is 0.600. The van der Waals surface area contributed by atoms with Crippen LogP contribution >= 0.6 is 0 Å². The Balaban J connectivity index is 2.43. The van der Waals surface area contributed by atoms with E-state index in [9.17, 15) is 0 Å². The van der Waals surface area contributed by atoms with Crippen molar-refractivity contribution in [2.75, 3.05) is 0 Å². The van der Waals surface area contributed by atoms with Crippen LogP contribution in [0.2, 0.25) is 0 Å². The number of rotatable bonds is 0. The van der Waals surface area contributed by atoms with Gasteiger partial charge in [0.05, 0.1) is 0 Å². The van der Waals surface area contributed by atoms with Crippen molar-refractivity contribution in [2.45, 2.75) is 27.7 Å². The minimum absolute atomic E-state index is 0.823. The van der Waals surface area contributed by atoms with Crippen molar-refractivity contribution in [3.63, 3.8) is 0 Å². The minimum atomic E-state index is 0.823. The molecule has 3 rings (SSSR count). The van der Waals surface area contributed by atoms with Crippen molar-refractivity contribution in [2.24, 2.45) is 4.99 Å². The van der Waals surface area contributed by atoms with Gasteiger partial charge in [-0.15, -0.1) is 0 Å². The van der Waals surface area contributed by atoms with Gasteiger partial charge in [-0.05, 0) is 61.7 Å². The maximum absolute atomic E-state index is 6.05. The summed E-state index contributed by atoms with van der Waals surface area (Å²) in [4.78, 5) is 4.78. The van der Waals surface area contributed by atoms with Crippen LogP contribution in [0.4, 0.5) is 5.69 Å². The Bertz CT molecular complexity index is 803. The molecule has 1 aliphatic heterocycles. The van der Waals surface area contributed by atoms with E-state index in [-0.39, 0.29) is 0 Å². The molecule has 1 heterocycles. The highest BCUT2D eigenvalue weighted by atomic mass is 16.5. The van der Waals surface area contributed by atoms with E-state index in [1.54, 1.807) is 0 Å². The van der Waals surface area contributed by atoms with Gasteiger partial charge >= 0.3 is 0 Å². The van der Waals surface area contributed by atoms with Crippen LogP contribution in [-0.4, -0.2) is 0 Å². The van der Waals surface area contributed by atoms with Crippen molar-refractivity contribution >= 4 is 12.3 Å². The SMILES string of the molecule is C=c1c(C)c(C)c2c(c1C)Oc1ccc(C)cc1N=2. The molecule has 2 nitrogen and oxygen atoms in total. The van der Waals surface area contributed by atoms with Gasteiger partial charge in [0.25, 0.3) is 0 Å². The molecule has 0 saturated carbocycles. The third-order valence-corrected chi connectivity index (χ3v) is 3.94. The van der Waals surface area contributed by atoms with E-state index in [2.05, 4.69) is 33.4 Å². The van der Waals surface area contributed by atoms with Gasteiger partial charge in [0.15, 0.2) is 11.5 Å². The molecule has 0 amide bonds. The Labute approximate surface area is 113 Å². The molecule has 1 aliphatic rings. The molecule has 0 N–H and O–H groups in total. The first-order chi connectivity index (χ1) is 8.99. The van der Waals surface area contributed by atoms with Gasteiger partial charge in [-0.25, -0.2) is 4.99 Å². The van der Waals surface area contributed by atoms with Crippen molar-refractivity contribution in [1.82, 2.24) is 0 Å². The highest BCUT2D eigenvalue weighted by Gasteiger charge is 2.17. The number of benzene rings is 2. The molecule has 2 aromatic rings. The van der Waals surface area contributed by atoms with Crippen LogP contribution in [0.3, 0.4) is 0 Å². The van der Waals surface area contributed by atoms with Crippen molar-refractivity contribution in [1.29, 1.82) is 0 Å². The van der Waals surface area contributed by atoms with Gasteiger partial charge in [-0.1, -0.05) is 12.6 Å². The predicted octanol–water partition coefficient (Wildman–Crippen LogP) is 3.39. The predicted molar refractivity (Wildman–Crippen MR) is 77.9 cm³/mol. The second-order valence-corrected chi connectivity index (χ2v) is 5.22. The number of ether oxygens (including phenoxy) is 1. The molecule has 0 fully saturated rings. The second-order valence-electron chi connectivity index (χ2n) is 5.22. The summed E-state index contributed by atoms with van der Waals surface area (Å²) in [5.41, 5.74) is 5.52. The van der Waals surface area contributed by atoms with Gasteiger partial charge in [0.2, 0.25) is 0 Å². The Kier molecular flexibility index (Phi) is 2.49. The minimum Gasteiger partial charge on any atom is -0.453 e. The number of aryl methyl sites for hydroxylation is 1. The Morgan fingerprint density at radius 2 is 1.74 bits per heavy atom. The van der Waals surface area contributed by atoms with E-state index in [0.29, 0.717) is 0 Å². The van der Waals surface area contributed by atoms with Gasteiger partial charge in [0, 0.05) is 5.56 Å². The normalized spacial score (nSPS) is 12.2. The number of hydrogen-bond donors (Lipinski definition) is 0. The first-order valence-corrected chi connectivity index (χ1v) is 6.45. The molecule has 0 bridgehead atoms. The van der Waals surface area contributed by atoms with E-state index in [1.165, 1.54) is 11.1 Å². The van der Waals surface area contributed by atoms with Crippen LogP contribution < -0.4 is 15.3 Å². The summed E-state index contributed by atoms with van der Waals surface area (Å²) in [6.45, 7) is 12.4. The van der Waals surface area contributed by atoms with Gasteiger partial charge in [0.1, 0.15) is 11.0 Å². The van der Waals surface area contributed by atoms with Crippen LogP contribution in [0.15, 0.2) is 23.2 Å². The van der Waals surface area contributed by atoms with Crippen LogP contribution in [0.25, 0.3) is 6.58 Å². The smallest absolute Gasteiger partial charge is 0.156 e. The maximum Gasteiger partial charge on any atom is 0.156 e. The lowest BCUT2D eigenvalue weighted by Gasteiger charge is -2.19. The van der Waals surface area contributed by atoms with Crippen LogP contribution in [-0.2, 0) is 0 Å². The maximum atomic E-state index is 6.05. The van der Waals surface area contributed by atoms with Crippen molar-refractivity contribution in [3.8, 4) is 11.5 Å². The fourth-order valence-electron chi connectivity index (χ4n) is 2.46. The fourth-order valence-corrected chi connectivity index (χ4v) is 2.46. The summed E-state index contributed by atoms with van der Waals surface area (Å²) >= 11 is 0. The zero-order chi connectivity index (χ0) is 13.7. The van der Waals surface area contributed by atoms with E-state index in [1.807, 2.05) is 19.1 Å². The van der Waals surface area contributed by atoms with Crippen molar-refractivity contribution in [3.05, 3.63) is 51.0 Å². The summed E-state index contributed by atoms with van der Waals surface area (Å²) in [6.07, 6.45) is 0. The summed E-state index contributed by atoms with van der Waals surface area (Å²) in [6, 6.07) is 6.08. The van der Waals surface area contributed by atoms with Crippen LogP contribution in [0, 0.1) is 27.7 Å². The van der Waals surface area contributed by atoms with Crippen LogP contribution in [0.5, 0.6) is 11.5 Å². The van der Waals surface area contributed by atoms with Crippen LogP contribution in [0.1, 0.15) is 22.3 Å². The molecule has 0 atom stereocenters.